The molecule has 0 fully saturated rings. The Labute approximate surface area is 114 Å². The van der Waals surface area contributed by atoms with Crippen LogP contribution in [0.4, 0.5) is 5.69 Å². The first-order valence-electron chi connectivity index (χ1n) is 6.14. The summed E-state index contributed by atoms with van der Waals surface area (Å²) in [5.41, 5.74) is 7.62. The Balaban J connectivity index is 2.55. The Kier molecular flexibility index (Phi) is 5.08. The fourth-order valence-electron chi connectivity index (χ4n) is 1.41. The molecule has 1 rings (SSSR count). The third-order valence-corrected chi connectivity index (χ3v) is 3.96. The van der Waals surface area contributed by atoms with Crippen molar-refractivity contribution in [1.29, 1.82) is 0 Å². The quantitative estimate of drug-likeness (QED) is 0.636. The van der Waals surface area contributed by atoms with Crippen LogP contribution in [0, 0.1) is 6.92 Å². The number of hydrogen-bond acceptors (Lipinski definition) is 3. The van der Waals surface area contributed by atoms with E-state index in [2.05, 4.69) is 12.2 Å². The van der Waals surface area contributed by atoms with Crippen molar-refractivity contribution in [2.24, 2.45) is 0 Å². The molecular formula is C14H22N2OS. The van der Waals surface area contributed by atoms with Gasteiger partial charge in [0.1, 0.15) is 0 Å². The van der Waals surface area contributed by atoms with E-state index < -0.39 is 0 Å². The maximum atomic E-state index is 11.8. The van der Waals surface area contributed by atoms with Crippen molar-refractivity contribution in [2.75, 3.05) is 11.5 Å². The standard InChI is InChI=1S/C14H22N2OS/c1-5-14(3,4)16-13(17)9-18-12-8-10(2)6-7-11(12)15/h6-8H,5,9,15H2,1-4H3,(H,16,17). The maximum Gasteiger partial charge on any atom is 0.230 e. The van der Waals surface area contributed by atoms with Crippen molar-refractivity contribution in [3.63, 3.8) is 0 Å². The van der Waals surface area contributed by atoms with E-state index in [0.717, 1.165) is 22.6 Å². The van der Waals surface area contributed by atoms with Gasteiger partial charge in [-0.3, -0.25) is 4.79 Å². The molecule has 1 aromatic carbocycles. The second-order valence-electron chi connectivity index (χ2n) is 5.12. The van der Waals surface area contributed by atoms with Crippen molar-refractivity contribution in [3.05, 3.63) is 23.8 Å². The monoisotopic (exact) mass is 266 g/mol. The topological polar surface area (TPSA) is 55.1 Å². The minimum Gasteiger partial charge on any atom is -0.398 e. The maximum absolute atomic E-state index is 11.8. The zero-order chi connectivity index (χ0) is 13.8. The van der Waals surface area contributed by atoms with Crippen LogP contribution in [0.5, 0.6) is 0 Å². The van der Waals surface area contributed by atoms with Crippen LogP contribution < -0.4 is 11.1 Å². The summed E-state index contributed by atoms with van der Waals surface area (Å²) in [6, 6.07) is 5.86. The molecule has 0 radical (unpaired) electrons. The Morgan fingerprint density at radius 1 is 1.44 bits per heavy atom. The van der Waals surface area contributed by atoms with E-state index in [9.17, 15) is 4.79 Å². The number of nitrogens with one attached hydrogen (secondary N) is 1. The minimum atomic E-state index is -0.143. The molecule has 18 heavy (non-hydrogen) atoms. The Bertz CT molecular complexity index is 430. The Hall–Kier alpha value is -1.16. The lowest BCUT2D eigenvalue weighted by Crippen LogP contribution is -2.43. The number of carbonyl (C=O) groups excluding carboxylic acids is 1. The summed E-state index contributed by atoms with van der Waals surface area (Å²) < 4.78 is 0. The normalized spacial score (nSPS) is 11.3. The first kappa shape index (κ1) is 14.9. The highest BCUT2D eigenvalue weighted by Gasteiger charge is 2.17. The summed E-state index contributed by atoms with van der Waals surface area (Å²) >= 11 is 1.48. The van der Waals surface area contributed by atoms with Crippen LogP contribution in [0.15, 0.2) is 23.1 Å². The lowest BCUT2D eigenvalue weighted by molar-refractivity contribution is -0.120. The lowest BCUT2D eigenvalue weighted by Gasteiger charge is -2.24. The van der Waals surface area contributed by atoms with Crippen molar-refractivity contribution in [3.8, 4) is 0 Å². The van der Waals surface area contributed by atoms with Crippen LogP contribution in [0.3, 0.4) is 0 Å². The highest BCUT2D eigenvalue weighted by Crippen LogP contribution is 2.25. The van der Waals surface area contributed by atoms with E-state index >= 15 is 0 Å². The Morgan fingerprint density at radius 3 is 2.72 bits per heavy atom. The zero-order valence-electron chi connectivity index (χ0n) is 11.5. The number of benzene rings is 1. The second kappa shape index (κ2) is 6.14. The van der Waals surface area contributed by atoms with E-state index in [1.54, 1.807) is 0 Å². The number of carbonyl (C=O) groups is 1. The number of aryl methyl sites for hydroxylation is 1. The predicted octanol–water partition coefficient (Wildman–Crippen LogP) is 2.97. The van der Waals surface area contributed by atoms with Crippen LogP contribution in [0.25, 0.3) is 0 Å². The van der Waals surface area contributed by atoms with Gasteiger partial charge in [0.25, 0.3) is 0 Å². The number of hydrogen-bond donors (Lipinski definition) is 2. The van der Waals surface area contributed by atoms with E-state index in [1.807, 2.05) is 39.0 Å². The van der Waals surface area contributed by atoms with Crippen molar-refractivity contribution < 1.29 is 4.79 Å². The summed E-state index contributed by atoms with van der Waals surface area (Å²) in [6.45, 7) is 8.13. The molecule has 0 unspecified atom stereocenters. The molecule has 3 nitrogen and oxygen atoms in total. The van der Waals surface area contributed by atoms with Gasteiger partial charge in [-0.2, -0.15) is 0 Å². The van der Waals surface area contributed by atoms with E-state index in [4.69, 9.17) is 5.73 Å². The summed E-state index contributed by atoms with van der Waals surface area (Å²) in [7, 11) is 0. The molecule has 1 aromatic rings. The molecule has 0 aliphatic heterocycles. The van der Waals surface area contributed by atoms with Gasteiger partial charge < -0.3 is 11.1 Å². The van der Waals surface area contributed by atoms with Crippen molar-refractivity contribution in [1.82, 2.24) is 5.32 Å². The molecule has 1 amide bonds. The zero-order valence-corrected chi connectivity index (χ0v) is 12.4. The molecule has 100 valence electrons. The molecule has 0 saturated carbocycles. The number of rotatable bonds is 5. The van der Waals surface area contributed by atoms with Gasteiger partial charge in [0.15, 0.2) is 0 Å². The third-order valence-electron chi connectivity index (χ3n) is 2.89. The van der Waals surface area contributed by atoms with Gasteiger partial charge in [-0.15, -0.1) is 11.8 Å². The fourth-order valence-corrected chi connectivity index (χ4v) is 2.27. The van der Waals surface area contributed by atoms with E-state index in [0.29, 0.717) is 5.75 Å². The van der Waals surface area contributed by atoms with Gasteiger partial charge in [0.2, 0.25) is 5.91 Å². The van der Waals surface area contributed by atoms with Gasteiger partial charge >= 0.3 is 0 Å². The molecule has 3 N–H and O–H groups in total. The summed E-state index contributed by atoms with van der Waals surface area (Å²) in [5.74, 6) is 0.449. The Morgan fingerprint density at radius 2 is 2.11 bits per heavy atom. The van der Waals surface area contributed by atoms with Crippen LogP contribution in [0.1, 0.15) is 32.8 Å². The average molecular weight is 266 g/mol. The predicted molar refractivity (Wildman–Crippen MR) is 78.8 cm³/mol. The smallest absolute Gasteiger partial charge is 0.230 e. The van der Waals surface area contributed by atoms with Crippen molar-refractivity contribution in [2.45, 2.75) is 44.6 Å². The summed E-state index contributed by atoms with van der Waals surface area (Å²) in [5, 5.41) is 3.01. The molecule has 0 aliphatic rings. The van der Waals surface area contributed by atoms with Gasteiger partial charge in [-0.25, -0.2) is 0 Å². The first-order valence-corrected chi connectivity index (χ1v) is 7.12. The molecular weight excluding hydrogens is 244 g/mol. The number of anilines is 1. The third kappa shape index (κ3) is 4.61. The van der Waals surface area contributed by atoms with Crippen LogP contribution in [0.2, 0.25) is 0 Å². The lowest BCUT2D eigenvalue weighted by atomic mass is 10.0. The summed E-state index contributed by atoms with van der Waals surface area (Å²) in [4.78, 5) is 12.8. The molecule has 4 heteroatoms. The largest absolute Gasteiger partial charge is 0.398 e. The second-order valence-corrected chi connectivity index (χ2v) is 6.13. The molecule has 0 aromatic heterocycles. The highest BCUT2D eigenvalue weighted by molar-refractivity contribution is 8.00. The van der Waals surface area contributed by atoms with Crippen LogP contribution in [-0.2, 0) is 4.79 Å². The van der Waals surface area contributed by atoms with E-state index in [1.165, 1.54) is 11.8 Å². The van der Waals surface area contributed by atoms with Gasteiger partial charge in [0, 0.05) is 16.1 Å². The molecule has 0 saturated heterocycles. The average Bonchev–Trinajstić information content (AvgIpc) is 2.30. The first-order chi connectivity index (χ1) is 8.34. The number of nitrogen functional groups attached to an aromatic ring is 1. The molecule has 0 heterocycles. The summed E-state index contributed by atoms with van der Waals surface area (Å²) in [6.07, 6.45) is 0.913. The fraction of sp³-hybridized carbons (Fsp3) is 0.500. The van der Waals surface area contributed by atoms with E-state index in [-0.39, 0.29) is 11.4 Å². The van der Waals surface area contributed by atoms with Gasteiger partial charge in [-0.05, 0) is 44.9 Å². The van der Waals surface area contributed by atoms with Crippen LogP contribution in [-0.4, -0.2) is 17.2 Å². The van der Waals surface area contributed by atoms with Gasteiger partial charge in [0.05, 0.1) is 5.75 Å². The number of nitrogens with two attached hydrogens (primary N) is 1. The number of amides is 1. The van der Waals surface area contributed by atoms with Crippen molar-refractivity contribution >= 4 is 23.4 Å². The molecule has 0 aliphatic carbocycles. The minimum absolute atomic E-state index is 0.0488. The molecule has 0 atom stereocenters. The molecule has 0 spiro atoms. The van der Waals surface area contributed by atoms with Gasteiger partial charge in [-0.1, -0.05) is 13.0 Å². The molecule has 0 bridgehead atoms. The highest BCUT2D eigenvalue weighted by atomic mass is 32.2. The SMILES string of the molecule is CCC(C)(C)NC(=O)CSc1cc(C)ccc1N. The number of thioether (sulfide) groups is 1. The van der Waals surface area contributed by atoms with Crippen LogP contribution >= 0.6 is 11.8 Å².